The molecule has 3 heterocycles. The number of hydrogen-bond acceptors (Lipinski definition) is 7. The molecule has 42 heavy (non-hydrogen) atoms. The number of nitrogens with one attached hydrogen (secondary N) is 1. The highest BCUT2D eigenvalue weighted by Crippen LogP contribution is 2.50. The van der Waals surface area contributed by atoms with E-state index in [1.165, 1.54) is 16.8 Å². The van der Waals surface area contributed by atoms with Crippen LogP contribution >= 0.6 is 16.3 Å². The molecule has 0 bridgehead atoms. The summed E-state index contributed by atoms with van der Waals surface area (Å²) in [5.74, 6) is 0.575. The van der Waals surface area contributed by atoms with Crippen molar-refractivity contribution in [3.05, 3.63) is 117 Å². The summed E-state index contributed by atoms with van der Waals surface area (Å²) in [4.78, 5) is 37.5. The van der Waals surface area contributed by atoms with Gasteiger partial charge in [0.05, 0.1) is 6.61 Å². The van der Waals surface area contributed by atoms with Gasteiger partial charge in [0.2, 0.25) is 0 Å². The molecule has 2 saturated heterocycles. The van der Waals surface area contributed by atoms with Gasteiger partial charge in [0.1, 0.15) is 18.3 Å². The fourth-order valence-electron chi connectivity index (χ4n) is 5.44. The number of aromatic amines is 1. The highest BCUT2D eigenvalue weighted by molar-refractivity contribution is 7.68. The van der Waals surface area contributed by atoms with Crippen molar-refractivity contribution in [2.24, 2.45) is 0 Å². The SMILES string of the molecule is C.CP(CP(O)Cc1cccc2ccccc12)OCC1OC(n2ccc(=O)[nH]c2=O)C2OC(Cc3ccccc3)OC12. The molecular formula is C31H36N2O7P2. The van der Waals surface area contributed by atoms with Crippen LogP contribution in [0.4, 0.5) is 0 Å². The van der Waals surface area contributed by atoms with E-state index in [2.05, 4.69) is 29.2 Å². The minimum absolute atomic E-state index is 0. The predicted molar refractivity (Wildman–Crippen MR) is 166 cm³/mol. The molecule has 0 amide bonds. The number of nitrogens with zero attached hydrogens (tertiary/aromatic N) is 1. The third-order valence-electron chi connectivity index (χ3n) is 7.33. The average molecular weight is 611 g/mol. The maximum Gasteiger partial charge on any atom is 0.330 e. The summed E-state index contributed by atoms with van der Waals surface area (Å²) in [7, 11) is -2.20. The Bertz CT molecular complexity index is 1590. The maximum absolute atomic E-state index is 12.6. The lowest BCUT2D eigenvalue weighted by atomic mass is 10.1. The van der Waals surface area contributed by atoms with Crippen LogP contribution in [0, 0.1) is 0 Å². The highest BCUT2D eigenvalue weighted by Gasteiger charge is 2.53. The molecule has 222 valence electrons. The van der Waals surface area contributed by atoms with Crippen molar-refractivity contribution in [3.8, 4) is 0 Å². The lowest BCUT2D eigenvalue weighted by Gasteiger charge is -2.23. The summed E-state index contributed by atoms with van der Waals surface area (Å²) >= 11 is 0. The summed E-state index contributed by atoms with van der Waals surface area (Å²) in [5, 5.41) is 2.33. The maximum atomic E-state index is 12.6. The number of fused-ring (bicyclic) bond motifs is 2. The van der Waals surface area contributed by atoms with Crippen LogP contribution in [0.2, 0.25) is 0 Å². The zero-order valence-electron chi connectivity index (χ0n) is 22.5. The molecule has 2 aliphatic rings. The van der Waals surface area contributed by atoms with Gasteiger partial charge in [0, 0.05) is 47.0 Å². The van der Waals surface area contributed by atoms with Crippen LogP contribution in [0.3, 0.4) is 0 Å². The first-order valence-corrected chi connectivity index (χ1v) is 17.1. The molecule has 2 fully saturated rings. The van der Waals surface area contributed by atoms with E-state index in [9.17, 15) is 14.5 Å². The first-order valence-electron chi connectivity index (χ1n) is 13.5. The molecule has 7 unspecified atom stereocenters. The Balaban J connectivity index is 0.00000353. The van der Waals surface area contributed by atoms with Crippen LogP contribution < -0.4 is 11.2 Å². The lowest BCUT2D eigenvalue weighted by Crippen LogP contribution is -2.36. The highest BCUT2D eigenvalue weighted by atomic mass is 31.2. The van der Waals surface area contributed by atoms with Crippen LogP contribution in [-0.4, -0.2) is 58.2 Å². The second-order valence-corrected chi connectivity index (χ2v) is 14.2. The summed E-state index contributed by atoms with van der Waals surface area (Å²) in [6, 6.07) is 25.6. The first-order chi connectivity index (χ1) is 19.9. The molecule has 9 nitrogen and oxygen atoms in total. The fraction of sp³-hybridized carbons (Fsp3) is 0.355. The van der Waals surface area contributed by atoms with E-state index in [4.69, 9.17) is 18.7 Å². The van der Waals surface area contributed by atoms with E-state index in [1.54, 1.807) is 0 Å². The van der Waals surface area contributed by atoms with E-state index in [1.807, 2.05) is 55.2 Å². The van der Waals surface area contributed by atoms with E-state index in [0.29, 0.717) is 18.5 Å². The van der Waals surface area contributed by atoms with Gasteiger partial charge in [-0.1, -0.05) is 80.2 Å². The molecule has 11 heteroatoms. The van der Waals surface area contributed by atoms with Crippen LogP contribution in [0.1, 0.15) is 24.8 Å². The number of ether oxygens (including phenoxy) is 3. The topological polar surface area (TPSA) is 112 Å². The van der Waals surface area contributed by atoms with E-state index in [0.717, 1.165) is 21.9 Å². The number of rotatable bonds is 10. The van der Waals surface area contributed by atoms with E-state index in [-0.39, 0.29) is 14.0 Å². The molecule has 0 aliphatic carbocycles. The smallest absolute Gasteiger partial charge is 0.330 e. The van der Waals surface area contributed by atoms with Crippen molar-refractivity contribution in [1.82, 2.24) is 9.55 Å². The van der Waals surface area contributed by atoms with Crippen LogP contribution in [0.5, 0.6) is 0 Å². The van der Waals surface area contributed by atoms with Crippen molar-refractivity contribution < 1.29 is 23.6 Å². The molecule has 3 aromatic carbocycles. The Hall–Kier alpha value is -2.74. The minimum atomic E-state index is -1.26. The normalized spacial score (nSPS) is 24.7. The number of aromatic nitrogens is 2. The van der Waals surface area contributed by atoms with Gasteiger partial charge < -0.3 is 23.6 Å². The first kappa shape index (κ1) is 30.7. The summed E-state index contributed by atoms with van der Waals surface area (Å²) in [6.07, 6.45) is -0.203. The second kappa shape index (κ2) is 13.7. The second-order valence-electron chi connectivity index (χ2n) is 10.3. The Morgan fingerprint density at radius 1 is 0.929 bits per heavy atom. The number of benzene rings is 3. The van der Waals surface area contributed by atoms with Crippen molar-refractivity contribution in [2.45, 2.75) is 50.8 Å². The van der Waals surface area contributed by atoms with Gasteiger partial charge in [-0.05, 0) is 28.6 Å². The molecule has 2 N–H and O–H groups in total. The Kier molecular flexibility index (Phi) is 10.0. The van der Waals surface area contributed by atoms with E-state index < -0.39 is 58.4 Å². The van der Waals surface area contributed by atoms with Gasteiger partial charge >= 0.3 is 5.69 Å². The van der Waals surface area contributed by atoms with Crippen LogP contribution in [0.25, 0.3) is 10.8 Å². The molecular weight excluding hydrogens is 574 g/mol. The van der Waals surface area contributed by atoms with Gasteiger partial charge in [-0.2, -0.15) is 0 Å². The van der Waals surface area contributed by atoms with Gasteiger partial charge in [-0.15, -0.1) is 0 Å². The minimum Gasteiger partial charge on any atom is -0.373 e. The van der Waals surface area contributed by atoms with Gasteiger partial charge in [-0.25, -0.2) is 4.79 Å². The lowest BCUT2D eigenvalue weighted by molar-refractivity contribution is -0.149. The molecule has 7 atom stereocenters. The molecule has 1 aromatic heterocycles. The zero-order valence-corrected chi connectivity index (χ0v) is 24.3. The Morgan fingerprint density at radius 3 is 2.48 bits per heavy atom. The van der Waals surface area contributed by atoms with Crippen molar-refractivity contribution in [2.75, 3.05) is 19.2 Å². The number of H-pyrrole nitrogens is 1. The average Bonchev–Trinajstić information content (AvgIpc) is 3.52. The zero-order chi connectivity index (χ0) is 28.3. The molecule has 6 rings (SSSR count). The third kappa shape index (κ3) is 6.90. The van der Waals surface area contributed by atoms with Crippen LogP contribution in [0.15, 0.2) is 94.6 Å². The monoisotopic (exact) mass is 610 g/mol. The summed E-state index contributed by atoms with van der Waals surface area (Å²) in [6.45, 7) is 2.24. The van der Waals surface area contributed by atoms with E-state index >= 15 is 0 Å². The molecule has 4 aromatic rings. The molecule has 0 spiro atoms. The van der Waals surface area contributed by atoms with Crippen molar-refractivity contribution in [1.29, 1.82) is 0 Å². The van der Waals surface area contributed by atoms with Gasteiger partial charge in [-0.3, -0.25) is 14.3 Å². The quantitative estimate of drug-likeness (QED) is 0.239. The van der Waals surface area contributed by atoms with Crippen molar-refractivity contribution in [3.63, 3.8) is 0 Å². The van der Waals surface area contributed by atoms with Crippen LogP contribution in [-0.2, 0) is 31.3 Å². The Morgan fingerprint density at radius 2 is 1.67 bits per heavy atom. The van der Waals surface area contributed by atoms with Crippen molar-refractivity contribution >= 4 is 27.1 Å². The Labute approximate surface area is 247 Å². The number of hydrogen-bond donors (Lipinski definition) is 2. The largest absolute Gasteiger partial charge is 0.373 e. The standard InChI is InChI=1S/C30H32N2O7P2.CH4/c1-40(19-41(35)18-22-12-7-11-21-10-5-6-13-23(21)22)36-17-24-27-28(29(37-24)32-15-14-25(33)31-30(32)34)39-26(38-27)16-20-8-3-2-4-9-20;/h2-15,24,26-29,35H,16-19H2,1H3,(H,31,33,34);1H4. The third-order valence-corrected chi connectivity index (χ3v) is 11.5. The summed E-state index contributed by atoms with van der Waals surface area (Å²) in [5.41, 5.74) is 1.16. The fourth-order valence-corrected chi connectivity index (χ4v) is 9.07. The molecule has 2 aliphatic heterocycles. The molecule has 0 radical (unpaired) electrons. The van der Waals surface area contributed by atoms with Gasteiger partial charge in [0.25, 0.3) is 5.56 Å². The predicted octanol–water partition coefficient (Wildman–Crippen LogP) is 5.17. The molecule has 0 saturated carbocycles. The summed E-state index contributed by atoms with van der Waals surface area (Å²) < 4.78 is 26.4. The van der Waals surface area contributed by atoms with Gasteiger partial charge in [0.15, 0.2) is 12.5 Å².